The molecule has 0 aliphatic heterocycles. The summed E-state index contributed by atoms with van der Waals surface area (Å²) < 4.78 is 10.5. The SMILES string of the molecule is CCCCCOC(=O)c1cccc(C(=O)Oc2ccccc2C)n1. The van der Waals surface area contributed by atoms with E-state index in [-0.39, 0.29) is 11.4 Å². The van der Waals surface area contributed by atoms with Crippen molar-refractivity contribution in [3.8, 4) is 5.75 Å². The van der Waals surface area contributed by atoms with Gasteiger partial charge in [-0.1, -0.05) is 44.0 Å². The molecule has 0 aliphatic rings. The summed E-state index contributed by atoms with van der Waals surface area (Å²) in [7, 11) is 0. The van der Waals surface area contributed by atoms with Crippen LogP contribution in [0.15, 0.2) is 42.5 Å². The van der Waals surface area contributed by atoms with Crippen molar-refractivity contribution in [1.82, 2.24) is 4.98 Å². The van der Waals surface area contributed by atoms with Gasteiger partial charge in [0.25, 0.3) is 0 Å². The van der Waals surface area contributed by atoms with E-state index in [0.29, 0.717) is 12.4 Å². The second-order valence-corrected chi connectivity index (χ2v) is 5.41. The van der Waals surface area contributed by atoms with Crippen LogP contribution < -0.4 is 4.74 Å². The van der Waals surface area contributed by atoms with E-state index in [1.54, 1.807) is 18.2 Å². The Morgan fingerprint density at radius 2 is 1.67 bits per heavy atom. The van der Waals surface area contributed by atoms with E-state index in [1.807, 2.05) is 19.1 Å². The van der Waals surface area contributed by atoms with Crippen LogP contribution in [0.2, 0.25) is 0 Å². The molecule has 2 rings (SSSR count). The molecule has 1 aromatic carbocycles. The molecule has 24 heavy (non-hydrogen) atoms. The summed E-state index contributed by atoms with van der Waals surface area (Å²) in [6.45, 7) is 4.28. The summed E-state index contributed by atoms with van der Waals surface area (Å²) in [4.78, 5) is 28.2. The minimum atomic E-state index is -0.607. The molecule has 0 spiro atoms. The molecular formula is C19H21NO4. The Bertz CT molecular complexity index is 712. The van der Waals surface area contributed by atoms with Gasteiger partial charge in [0.15, 0.2) is 0 Å². The molecule has 1 aromatic heterocycles. The molecule has 5 nitrogen and oxygen atoms in total. The highest BCUT2D eigenvalue weighted by Crippen LogP contribution is 2.17. The van der Waals surface area contributed by atoms with Gasteiger partial charge in [-0.2, -0.15) is 0 Å². The maximum Gasteiger partial charge on any atom is 0.362 e. The molecule has 5 heteroatoms. The zero-order valence-corrected chi connectivity index (χ0v) is 14.0. The van der Waals surface area contributed by atoms with Crippen molar-refractivity contribution in [3.63, 3.8) is 0 Å². The van der Waals surface area contributed by atoms with Gasteiger partial charge in [0.2, 0.25) is 0 Å². The number of hydrogen-bond donors (Lipinski definition) is 0. The summed E-state index contributed by atoms with van der Waals surface area (Å²) >= 11 is 0. The van der Waals surface area contributed by atoms with E-state index in [9.17, 15) is 9.59 Å². The predicted octanol–water partition coefficient (Wildman–Crippen LogP) is 3.96. The molecule has 0 saturated heterocycles. The molecule has 0 N–H and O–H groups in total. The monoisotopic (exact) mass is 327 g/mol. The fourth-order valence-corrected chi connectivity index (χ4v) is 2.08. The molecule has 1 heterocycles. The van der Waals surface area contributed by atoms with Crippen LogP contribution in [0.25, 0.3) is 0 Å². The summed E-state index contributed by atoms with van der Waals surface area (Å²) in [5, 5.41) is 0. The number of rotatable bonds is 7. The first-order valence-electron chi connectivity index (χ1n) is 8.03. The Balaban J connectivity index is 2.02. The van der Waals surface area contributed by atoms with Crippen molar-refractivity contribution >= 4 is 11.9 Å². The third-order valence-electron chi connectivity index (χ3n) is 3.44. The predicted molar refractivity (Wildman–Crippen MR) is 90.2 cm³/mol. The molecule has 0 atom stereocenters. The number of para-hydroxylation sites is 1. The quantitative estimate of drug-likeness (QED) is 0.437. The number of pyridine rings is 1. The number of carbonyl (C=O) groups is 2. The van der Waals surface area contributed by atoms with Crippen molar-refractivity contribution in [2.75, 3.05) is 6.61 Å². The van der Waals surface area contributed by atoms with Gasteiger partial charge in [-0.3, -0.25) is 0 Å². The fourth-order valence-electron chi connectivity index (χ4n) is 2.08. The minimum Gasteiger partial charge on any atom is -0.461 e. The largest absolute Gasteiger partial charge is 0.461 e. The van der Waals surface area contributed by atoms with Crippen LogP contribution in [0.1, 0.15) is 52.7 Å². The molecule has 0 fully saturated rings. The second kappa shape index (κ2) is 8.82. The molecular weight excluding hydrogens is 306 g/mol. The highest BCUT2D eigenvalue weighted by atomic mass is 16.5. The van der Waals surface area contributed by atoms with Crippen molar-refractivity contribution < 1.29 is 19.1 Å². The third kappa shape index (κ3) is 4.91. The number of carbonyl (C=O) groups excluding carboxylic acids is 2. The zero-order chi connectivity index (χ0) is 17.4. The molecule has 0 unspecified atom stereocenters. The second-order valence-electron chi connectivity index (χ2n) is 5.41. The number of esters is 2. The van der Waals surface area contributed by atoms with E-state index in [0.717, 1.165) is 24.8 Å². The number of unbranched alkanes of at least 4 members (excludes halogenated alkanes) is 2. The van der Waals surface area contributed by atoms with Crippen LogP contribution >= 0.6 is 0 Å². The van der Waals surface area contributed by atoms with Gasteiger partial charge in [-0.25, -0.2) is 14.6 Å². The lowest BCUT2D eigenvalue weighted by Crippen LogP contribution is -2.15. The van der Waals surface area contributed by atoms with Crippen LogP contribution in [0.5, 0.6) is 5.75 Å². The number of benzene rings is 1. The molecule has 0 radical (unpaired) electrons. The smallest absolute Gasteiger partial charge is 0.362 e. The van der Waals surface area contributed by atoms with Crippen LogP contribution in [-0.4, -0.2) is 23.5 Å². The van der Waals surface area contributed by atoms with Gasteiger partial charge in [0.1, 0.15) is 17.1 Å². The first-order valence-corrected chi connectivity index (χ1v) is 8.03. The maximum absolute atomic E-state index is 12.2. The number of aromatic nitrogens is 1. The van der Waals surface area contributed by atoms with Crippen molar-refractivity contribution in [2.45, 2.75) is 33.1 Å². The summed E-state index contributed by atoms with van der Waals surface area (Å²) in [6.07, 6.45) is 2.87. The first kappa shape index (κ1) is 17.7. The van der Waals surface area contributed by atoms with Crippen LogP contribution in [0.3, 0.4) is 0 Å². The van der Waals surface area contributed by atoms with Crippen molar-refractivity contribution in [1.29, 1.82) is 0 Å². The minimum absolute atomic E-state index is 0.0706. The molecule has 0 bridgehead atoms. The molecule has 126 valence electrons. The van der Waals surface area contributed by atoms with E-state index in [1.165, 1.54) is 12.1 Å². The highest BCUT2D eigenvalue weighted by molar-refractivity contribution is 5.92. The Morgan fingerprint density at radius 1 is 0.958 bits per heavy atom. The van der Waals surface area contributed by atoms with E-state index in [2.05, 4.69) is 11.9 Å². The Morgan fingerprint density at radius 3 is 2.38 bits per heavy atom. The molecule has 0 aliphatic carbocycles. The topological polar surface area (TPSA) is 65.5 Å². The van der Waals surface area contributed by atoms with E-state index in [4.69, 9.17) is 9.47 Å². The first-order chi connectivity index (χ1) is 11.6. The molecule has 2 aromatic rings. The Kier molecular flexibility index (Phi) is 6.49. The van der Waals surface area contributed by atoms with Gasteiger partial charge < -0.3 is 9.47 Å². The van der Waals surface area contributed by atoms with Crippen molar-refractivity contribution in [2.24, 2.45) is 0 Å². The normalized spacial score (nSPS) is 10.2. The van der Waals surface area contributed by atoms with Gasteiger partial charge in [0, 0.05) is 0 Å². The summed E-state index contributed by atoms with van der Waals surface area (Å²) in [5.41, 5.74) is 1.02. The van der Waals surface area contributed by atoms with Gasteiger partial charge in [0.05, 0.1) is 6.61 Å². The van der Waals surface area contributed by atoms with Gasteiger partial charge >= 0.3 is 11.9 Å². The lowest BCUT2D eigenvalue weighted by Gasteiger charge is -2.07. The van der Waals surface area contributed by atoms with Crippen LogP contribution in [0, 0.1) is 6.92 Å². The van der Waals surface area contributed by atoms with Gasteiger partial charge in [-0.15, -0.1) is 0 Å². The van der Waals surface area contributed by atoms with Crippen molar-refractivity contribution in [3.05, 3.63) is 59.4 Å². The lowest BCUT2D eigenvalue weighted by molar-refractivity contribution is 0.0491. The number of ether oxygens (including phenoxy) is 2. The number of nitrogens with zero attached hydrogens (tertiary/aromatic N) is 1. The average molecular weight is 327 g/mol. The van der Waals surface area contributed by atoms with E-state index < -0.39 is 11.9 Å². The highest BCUT2D eigenvalue weighted by Gasteiger charge is 2.15. The average Bonchev–Trinajstić information content (AvgIpc) is 2.60. The fraction of sp³-hybridized carbons (Fsp3) is 0.316. The summed E-state index contributed by atoms with van der Waals surface area (Å²) in [5.74, 6) is -0.668. The zero-order valence-electron chi connectivity index (χ0n) is 14.0. The Labute approximate surface area is 141 Å². The Hall–Kier alpha value is -2.69. The number of hydrogen-bond acceptors (Lipinski definition) is 5. The van der Waals surface area contributed by atoms with E-state index >= 15 is 0 Å². The van der Waals surface area contributed by atoms with Crippen LogP contribution in [-0.2, 0) is 4.74 Å². The standard InChI is InChI=1S/C19H21NO4/c1-3-4-7-13-23-18(21)15-10-8-11-16(20-15)19(22)24-17-12-6-5-9-14(17)2/h5-6,8-12H,3-4,7,13H2,1-2H3. The lowest BCUT2D eigenvalue weighted by atomic mass is 10.2. The molecule has 0 saturated carbocycles. The van der Waals surface area contributed by atoms with Crippen LogP contribution in [0.4, 0.5) is 0 Å². The maximum atomic E-state index is 12.2. The molecule has 0 amide bonds. The third-order valence-corrected chi connectivity index (χ3v) is 3.44. The van der Waals surface area contributed by atoms with Gasteiger partial charge in [-0.05, 0) is 37.1 Å². The summed E-state index contributed by atoms with van der Waals surface area (Å²) in [6, 6.07) is 11.8. The number of aryl methyl sites for hydroxylation is 1.